The van der Waals surface area contributed by atoms with E-state index in [2.05, 4.69) is 4.52 Å². The Balaban J connectivity index is 4.03. The molecule has 9 heteroatoms. The van der Waals surface area contributed by atoms with Gasteiger partial charge in [-0.25, -0.2) is 4.57 Å². The number of phosphoric acid groups is 1. The van der Waals surface area contributed by atoms with Crippen LogP contribution in [-0.2, 0) is 13.9 Å². The summed E-state index contributed by atoms with van der Waals surface area (Å²) in [6.07, 6.45) is -4.95. The summed E-state index contributed by atoms with van der Waals surface area (Å²) >= 11 is 0. The van der Waals surface area contributed by atoms with Crippen molar-refractivity contribution < 1.29 is 39.0 Å². The predicted molar refractivity (Wildman–Crippen MR) is 46.7 cm³/mol. The Labute approximate surface area is 85.4 Å². The number of carbonyl (C=O) groups excluding carboxylic acids is 1. The third-order valence-corrected chi connectivity index (χ3v) is 2.03. The van der Waals surface area contributed by atoms with E-state index in [4.69, 9.17) is 25.1 Å². The van der Waals surface area contributed by atoms with Gasteiger partial charge in [0.2, 0.25) is 0 Å². The second-order valence-electron chi connectivity index (χ2n) is 2.81. The first-order chi connectivity index (χ1) is 6.78. The van der Waals surface area contributed by atoms with E-state index in [0.29, 0.717) is 6.29 Å². The summed E-state index contributed by atoms with van der Waals surface area (Å²) in [7, 11) is -4.73. The van der Waals surface area contributed by atoms with E-state index in [0.717, 1.165) is 0 Å². The molecule has 0 heterocycles. The van der Waals surface area contributed by atoms with Crippen molar-refractivity contribution in [2.75, 3.05) is 6.61 Å². The zero-order valence-corrected chi connectivity index (χ0v) is 8.53. The van der Waals surface area contributed by atoms with Crippen LogP contribution in [0.1, 0.15) is 6.42 Å². The highest BCUT2D eigenvalue weighted by Crippen LogP contribution is 2.35. The molecule has 0 saturated heterocycles. The van der Waals surface area contributed by atoms with Gasteiger partial charge in [0.1, 0.15) is 18.5 Å². The van der Waals surface area contributed by atoms with E-state index in [1.54, 1.807) is 0 Å². The molecule has 0 aromatic carbocycles. The van der Waals surface area contributed by atoms with Gasteiger partial charge in [-0.1, -0.05) is 0 Å². The van der Waals surface area contributed by atoms with Gasteiger partial charge in [-0.05, 0) is 0 Å². The van der Waals surface area contributed by atoms with Crippen LogP contribution in [0.2, 0.25) is 0 Å². The molecule has 0 aliphatic heterocycles. The maximum absolute atomic E-state index is 10.2. The van der Waals surface area contributed by atoms with Crippen LogP contribution in [0.5, 0.6) is 0 Å². The van der Waals surface area contributed by atoms with Gasteiger partial charge in [0.25, 0.3) is 0 Å². The lowest BCUT2D eigenvalue weighted by atomic mass is 10.1. The van der Waals surface area contributed by atoms with Crippen molar-refractivity contribution in [3.8, 4) is 0 Å². The Bertz CT molecular complexity index is 237. The molecule has 0 aliphatic carbocycles. The first-order valence-electron chi connectivity index (χ1n) is 3.96. The molecular weight excluding hydrogens is 231 g/mol. The van der Waals surface area contributed by atoms with Gasteiger partial charge in [-0.2, -0.15) is 0 Å². The second kappa shape index (κ2) is 6.29. The van der Waals surface area contributed by atoms with Crippen molar-refractivity contribution >= 4 is 14.1 Å². The van der Waals surface area contributed by atoms with Crippen LogP contribution in [0.25, 0.3) is 0 Å². The number of phosphoric ester groups is 1. The average Bonchev–Trinajstić information content (AvgIpc) is 2.12. The fraction of sp³-hybridized carbons (Fsp3) is 0.833. The number of carbonyl (C=O) groups is 1. The molecule has 8 nitrogen and oxygen atoms in total. The molecule has 3 unspecified atom stereocenters. The summed E-state index contributed by atoms with van der Waals surface area (Å²) in [5.74, 6) is 0. The van der Waals surface area contributed by atoms with Gasteiger partial charge >= 0.3 is 7.82 Å². The van der Waals surface area contributed by atoms with E-state index in [1.807, 2.05) is 0 Å². The molecule has 5 N–H and O–H groups in total. The minimum Gasteiger partial charge on any atom is -0.390 e. The first kappa shape index (κ1) is 14.7. The molecule has 0 bridgehead atoms. The molecule has 0 saturated carbocycles. The Morgan fingerprint density at radius 2 is 1.73 bits per heavy atom. The van der Waals surface area contributed by atoms with Crippen LogP contribution in [0.4, 0.5) is 0 Å². The Morgan fingerprint density at radius 1 is 1.20 bits per heavy atom. The third-order valence-electron chi connectivity index (χ3n) is 1.54. The maximum atomic E-state index is 10.2. The van der Waals surface area contributed by atoms with Crippen molar-refractivity contribution in [1.82, 2.24) is 0 Å². The largest absolute Gasteiger partial charge is 0.469 e. The lowest BCUT2D eigenvalue weighted by Gasteiger charge is -2.21. The number of aliphatic hydroxyl groups excluding tert-OH is 3. The lowest BCUT2D eigenvalue weighted by molar-refractivity contribution is -0.115. The number of hydrogen-bond donors (Lipinski definition) is 5. The molecule has 90 valence electrons. The molecule has 0 fully saturated rings. The van der Waals surface area contributed by atoms with E-state index >= 15 is 0 Å². The summed E-state index contributed by atoms with van der Waals surface area (Å²) in [5.41, 5.74) is 0. The van der Waals surface area contributed by atoms with Gasteiger partial charge in [0.05, 0.1) is 12.7 Å². The minimum absolute atomic E-state index is 0.338. The van der Waals surface area contributed by atoms with Gasteiger partial charge in [0, 0.05) is 6.42 Å². The van der Waals surface area contributed by atoms with E-state index in [-0.39, 0.29) is 0 Å². The second-order valence-corrected chi connectivity index (χ2v) is 4.05. The molecule has 0 aromatic rings. The number of rotatable bonds is 7. The summed E-state index contributed by atoms with van der Waals surface area (Å²) in [6.45, 7) is -0.846. The van der Waals surface area contributed by atoms with Crippen molar-refractivity contribution in [3.05, 3.63) is 0 Å². The molecule has 0 spiro atoms. The molecular formula is C6H13O8P. The third kappa shape index (κ3) is 6.69. The van der Waals surface area contributed by atoms with Gasteiger partial charge in [0.15, 0.2) is 0 Å². The molecule has 15 heavy (non-hydrogen) atoms. The van der Waals surface area contributed by atoms with Crippen LogP contribution < -0.4 is 0 Å². The van der Waals surface area contributed by atoms with Crippen LogP contribution >= 0.6 is 7.82 Å². The Morgan fingerprint density at radius 3 is 2.13 bits per heavy atom. The number of aliphatic hydroxyl groups is 3. The van der Waals surface area contributed by atoms with Crippen LogP contribution in [0, 0.1) is 0 Å². The monoisotopic (exact) mass is 244 g/mol. The summed E-state index contributed by atoms with van der Waals surface area (Å²) in [6, 6.07) is 0. The average molecular weight is 244 g/mol. The lowest BCUT2D eigenvalue weighted by Crippen LogP contribution is -2.40. The zero-order chi connectivity index (χ0) is 12.1. The molecule has 0 rings (SSSR count). The van der Waals surface area contributed by atoms with E-state index in [9.17, 15) is 9.36 Å². The van der Waals surface area contributed by atoms with Crippen LogP contribution in [-0.4, -0.2) is 56.3 Å². The summed E-state index contributed by atoms with van der Waals surface area (Å²) < 4.78 is 14.1. The van der Waals surface area contributed by atoms with Crippen LogP contribution in [0.3, 0.4) is 0 Å². The van der Waals surface area contributed by atoms with E-state index < -0.39 is 39.2 Å². The minimum atomic E-state index is -4.73. The number of hydrogen-bond acceptors (Lipinski definition) is 6. The zero-order valence-electron chi connectivity index (χ0n) is 7.63. The Kier molecular flexibility index (Phi) is 6.15. The topological polar surface area (TPSA) is 145 Å². The predicted octanol–water partition coefficient (Wildman–Crippen LogP) is -2.23. The highest BCUT2D eigenvalue weighted by molar-refractivity contribution is 7.46. The fourth-order valence-electron chi connectivity index (χ4n) is 0.766. The van der Waals surface area contributed by atoms with Crippen LogP contribution in [0.15, 0.2) is 0 Å². The fourth-order valence-corrected chi connectivity index (χ4v) is 1.11. The highest BCUT2D eigenvalue weighted by Gasteiger charge is 2.27. The van der Waals surface area contributed by atoms with E-state index in [1.165, 1.54) is 0 Å². The van der Waals surface area contributed by atoms with Crippen molar-refractivity contribution in [1.29, 1.82) is 0 Å². The molecule has 0 aromatic heterocycles. The van der Waals surface area contributed by atoms with Gasteiger partial charge in [-0.3, -0.25) is 4.52 Å². The SMILES string of the molecule is O=CCC(O)C(O)C(O)COP(=O)(O)O. The summed E-state index contributed by atoms with van der Waals surface area (Å²) in [5, 5.41) is 27.2. The van der Waals surface area contributed by atoms with Crippen molar-refractivity contribution in [2.45, 2.75) is 24.7 Å². The summed E-state index contributed by atoms with van der Waals surface area (Å²) in [4.78, 5) is 26.5. The first-order valence-corrected chi connectivity index (χ1v) is 5.49. The number of aldehydes is 1. The Hall–Kier alpha value is -0.340. The van der Waals surface area contributed by atoms with Crippen molar-refractivity contribution in [2.24, 2.45) is 0 Å². The quantitative estimate of drug-likeness (QED) is 0.250. The normalized spacial score (nSPS) is 18.2. The molecule has 3 atom stereocenters. The molecule has 0 aliphatic rings. The maximum Gasteiger partial charge on any atom is 0.469 e. The van der Waals surface area contributed by atoms with Crippen molar-refractivity contribution in [3.63, 3.8) is 0 Å². The standard InChI is InChI=1S/C6H13O8P/c7-2-1-4(8)6(10)5(9)3-14-15(11,12)13/h2,4-6,8-10H,1,3H2,(H2,11,12,13). The smallest absolute Gasteiger partial charge is 0.390 e. The molecule has 0 amide bonds. The highest BCUT2D eigenvalue weighted by atomic mass is 31.2. The molecule has 0 radical (unpaired) electrons. The van der Waals surface area contributed by atoms with Gasteiger partial charge in [-0.15, -0.1) is 0 Å². The van der Waals surface area contributed by atoms with Gasteiger partial charge < -0.3 is 29.9 Å².